The summed E-state index contributed by atoms with van der Waals surface area (Å²) in [5, 5.41) is 5.71. The highest BCUT2D eigenvalue weighted by molar-refractivity contribution is 5.95. The van der Waals surface area contributed by atoms with Crippen LogP contribution in [0.3, 0.4) is 0 Å². The van der Waals surface area contributed by atoms with E-state index in [2.05, 4.69) is 17.2 Å². The summed E-state index contributed by atoms with van der Waals surface area (Å²) in [6.07, 6.45) is 8.24. The predicted molar refractivity (Wildman–Crippen MR) is 122 cm³/mol. The molecule has 1 aromatic heterocycles. The number of rotatable bonds is 9. The fourth-order valence-corrected chi connectivity index (χ4v) is 3.99. The third-order valence-corrected chi connectivity index (χ3v) is 5.70. The molecule has 3 amide bonds. The molecule has 7 heteroatoms. The van der Waals surface area contributed by atoms with Crippen LogP contribution >= 0.6 is 0 Å². The Morgan fingerprint density at radius 2 is 1.88 bits per heavy atom. The second-order valence-corrected chi connectivity index (χ2v) is 8.15. The van der Waals surface area contributed by atoms with Gasteiger partial charge in [0, 0.05) is 12.6 Å². The number of carbonyl (C=O) groups excluding carboxylic acids is 3. The van der Waals surface area contributed by atoms with Crippen LogP contribution in [0.25, 0.3) is 0 Å². The van der Waals surface area contributed by atoms with Gasteiger partial charge in [0.1, 0.15) is 6.04 Å². The molecule has 1 fully saturated rings. The van der Waals surface area contributed by atoms with Gasteiger partial charge in [-0.15, -0.1) is 6.58 Å². The van der Waals surface area contributed by atoms with Crippen LogP contribution < -0.4 is 10.6 Å². The van der Waals surface area contributed by atoms with Gasteiger partial charge in [-0.05, 0) is 37.5 Å². The summed E-state index contributed by atoms with van der Waals surface area (Å²) in [6, 6.07) is 10.00. The first-order valence-corrected chi connectivity index (χ1v) is 11.1. The average Bonchev–Trinajstić information content (AvgIpc) is 3.34. The van der Waals surface area contributed by atoms with E-state index in [1.54, 1.807) is 12.1 Å². The van der Waals surface area contributed by atoms with Crippen molar-refractivity contribution in [2.45, 2.75) is 51.1 Å². The molecule has 32 heavy (non-hydrogen) atoms. The van der Waals surface area contributed by atoms with Gasteiger partial charge in [-0.2, -0.15) is 0 Å². The predicted octanol–water partition coefficient (Wildman–Crippen LogP) is 3.52. The number of amides is 3. The van der Waals surface area contributed by atoms with E-state index in [9.17, 15) is 14.4 Å². The maximum absolute atomic E-state index is 13.4. The molecule has 0 spiro atoms. The largest absolute Gasteiger partial charge is 0.459 e. The summed E-state index contributed by atoms with van der Waals surface area (Å²) < 4.78 is 5.07. The quantitative estimate of drug-likeness (QED) is 0.587. The molecular formula is C25H31N3O4. The van der Waals surface area contributed by atoms with E-state index in [1.807, 2.05) is 31.2 Å². The monoisotopic (exact) mass is 437 g/mol. The lowest BCUT2D eigenvalue weighted by Crippen LogP contribution is -2.49. The van der Waals surface area contributed by atoms with E-state index in [0.29, 0.717) is 0 Å². The zero-order chi connectivity index (χ0) is 22.9. The summed E-state index contributed by atoms with van der Waals surface area (Å²) >= 11 is 0. The zero-order valence-corrected chi connectivity index (χ0v) is 18.5. The molecule has 1 aliphatic carbocycles. The van der Waals surface area contributed by atoms with E-state index in [0.717, 1.165) is 36.8 Å². The highest BCUT2D eigenvalue weighted by Gasteiger charge is 2.32. The highest BCUT2D eigenvalue weighted by atomic mass is 16.3. The molecule has 2 aromatic rings. The Bertz CT molecular complexity index is 915. The van der Waals surface area contributed by atoms with Gasteiger partial charge in [0.15, 0.2) is 5.76 Å². The number of hydrogen-bond acceptors (Lipinski definition) is 4. The van der Waals surface area contributed by atoms with Crippen molar-refractivity contribution in [2.75, 3.05) is 13.1 Å². The van der Waals surface area contributed by atoms with E-state index < -0.39 is 11.9 Å². The standard InChI is InChI=1S/C25H31N3O4/c1-3-15-28(22(29)17-26-24(30)21-10-7-16-32-21)23(19-13-11-18(2)12-14-19)25(31)27-20-8-5-4-6-9-20/h3,7,10-14,16,20,23H,1,4-6,8-9,15,17H2,2H3,(H,26,30)(H,27,31)/t23-/m1/s1. The normalized spacial score (nSPS) is 14.9. The summed E-state index contributed by atoms with van der Waals surface area (Å²) in [5.74, 6) is -0.957. The van der Waals surface area contributed by atoms with Gasteiger partial charge in [-0.1, -0.05) is 55.2 Å². The molecule has 0 aliphatic heterocycles. The third-order valence-electron chi connectivity index (χ3n) is 5.70. The van der Waals surface area contributed by atoms with E-state index >= 15 is 0 Å². The molecule has 7 nitrogen and oxygen atoms in total. The van der Waals surface area contributed by atoms with Gasteiger partial charge in [-0.25, -0.2) is 0 Å². The van der Waals surface area contributed by atoms with Crippen LogP contribution in [0.2, 0.25) is 0 Å². The Morgan fingerprint density at radius 1 is 1.16 bits per heavy atom. The van der Waals surface area contributed by atoms with Gasteiger partial charge < -0.3 is 20.0 Å². The lowest BCUT2D eigenvalue weighted by atomic mass is 9.94. The Balaban J connectivity index is 1.80. The fraction of sp³-hybridized carbons (Fsp3) is 0.400. The molecule has 2 N–H and O–H groups in total. The van der Waals surface area contributed by atoms with E-state index in [4.69, 9.17) is 4.42 Å². The Kier molecular flexibility index (Phi) is 8.25. The first-order valence-electron chi connectivity index (χ1n) is 11.1. The maximum atomic E-state index is 13.4. The molecule has 0 saturated heterocycles. The molecule has 1 aromatic carbocycles. The van der Waals surface area contributed by atoms with Crippen molar-refractivity contribution in [1.82, 2.24) is 15.5 Å². The third kappa shape index (κ3) is 6.09. The summed E-state index contributed by atoms with van der Waals surface area (Å²) in [6.45, 7) is 5.64. The first-order chi connectivity index (χ1) is 15.5. The number of hydrogen-bond donors (Lipinski definition) is 2. The summed E-state index contributed by atoms with van der Waals surface area (Å²) in [4.78, 5) is 40.2. The second kappa shape index (κ2) is 11.3. The molecule has 0 unspecified atom stereocenters. The molecule has 1 saturated carbocycles. The van der Waals surface area contributed by atoms with Crippen molar-refractivity contribution in [3.63, 3.8) is 0 Å². The smallest absolute Gasteiger partial charge is 0.287 e. The minimum atomic E-state index is -0.816. The van der Waals surface area contributed by atoms with Gasteiger partial charge in [0.2, 0.25) is 11.8 Å². The SMILES string of the molecule is C=CCN(C(=O)CNC(=O)c1ccco1)[C@@H](C(=O)NC1CCCCC1)c1ccc(C)cc1. The lowest BCUT2D eigenvalue weighted by molar-refractivity contribution is -0.139. The van der Waals surface area contributed by atoms with Gasteiger partial charge in [-0.3, -0.25) is 14.4 Å². The molecule has 170 valence electrons. The van der Waals surface area contributed by atoms with Crippen molar-refractivity contribution < 1.29 is 18.8 Å². The van der Waals surface area contributed by atoms with Crippen molar-refractivity contribution in [1.29, 1.82) is 0 Å². The maximum Gasteiger partial charge on any atom is 0.287 e. The first kappa shape index (κ1) is 23.3. The van der Waals surface area contributed by atoms with Crippen LogP contribution in [-0.4, -0.2) is 41.8 Å². The molecule has 3 rings (SSSR count). The van der Waals surface area contributed by atoms with Gasteiger partial charge >= 0.3 is 0 Å². The highest BCUT2D eigenvalue weighted by Crippen LogP contribution is 2.24. The average molecular weight is 438 g/mol. The van der Waals surface area contributed by atoms with Crippen molar-refractivity contribution in [3.05, 3.63) is 72.2 Å². The van der Waals surface area contributed by atoms with Crippen molar-refractivity contribution in [2.24, 2.45) is 0 Å². The minimum absolute atomic E-state index is 0.114. The van der Waals surface area contributed by atoms with Crippen LogP contribution in [0, 0.1) is 6.92 Å². The van der Waals surface area contributed by atoms with Gasteiger partial charge in [0.25, 0.3) is 5.91 Å². The summed E-state index contributed by atoms with van der Waals surface area (Å²) in [7, 11) is 0. The second-order valence-electron chi connectivity index (χ2n) is 8.15. The molecule has 1 heterocycles. The Hall–Kier alpha value is -3.35. The molecule has 0 bridgehead atoms. The molecule has 1 aliphatic rings. The van der Waals surface area contributed by atoms with Crippen LogP contribution in [0.5, 0.6) is 0 Å². The number of furan rings is 1. The van der Waals surface area contributed by atoms with Gasteiger partial charge in [0.05, 0.1) is 12.8 Å². The molecular weight excluding hydrogens is 406 g/mol. The van der Waals surface area contributed by atoms with Crippen molar-refractivity contribution in [3.8, 4) is 0 Å². The topological polar surface area (TPSA) is 91.7 Å². The lowest BCUT2D eigenvalue weighted by Gasteiger charge is -2.33. The van der Waals surface area contributed by atoms with Crippen LogP contribution in [-0.2, 0) is 9.59 Å². The van der Waals surface area contributed by atoms with E-state index in [-0.39, 0.29) is 36.7 Å². The van der Waals surface area contributed by atoms with Crippen LogP contribution in [0.15, 0.2) is 59.7 Å². The fourth-order valence-electron chi connectivity index (χ4n) is 3.99. The van der Waals surface area contributed by atoms with Crippen LogP contribution in [0.4, 0.5) is 0 Å². The summed E-state index contributed by atoms with van der Waals surface area (Å²) in [5.41, 5.74) is 1.78. The zero-order valence-electron chi connectivity index (χ0n) is 18.5. The Labute approximate surface area is 188 Å². The Morgan fingerprint density at radius 3 is 2.50 bits per heavy atom. The number of benzene rings is 1. The molecule has 1 atom stereocenters. The number of nitrogens with one attached hydrogen (secondary N) is 2. The number of carbonyl (C=O) groups is 3. The number of nitrogens with zero attached hydrogens (tertiary/aromatic N) is 1. The minimum Gasteiger partial charge on any atom is -0.459 e. The number of aryl methyl sites for hydroxylation is 1. The molecule has 0 radical (unpaired) electrons. The van der Waals surface area contributed by atoms with Crippen LogP contribution in [0.1, 0.15) is 59.8 Å². The van der Waals surface area contributed by atoms with E-state index in [1.165, 1.54) is 23.7 Å². The van der Waals surface area contributed by atoms with Crippen molar-refractivity contribution >= 4 is 17.7 Å².